The molecule has 0 spiro atoms. The van der Waals surface area contributed by atoms with Crippen molar-refractivity contribution < 1.29 is 14.4 Å². The van der Waals surface area contributed by atoms with E-state index < -0.39 is 18.0 Å². The van der Waals surface area contributed by atoms with Crippen LogP contribution in [0.3, 0.4) is 0 Å². The van der Waals surface area contributed by atoms with Crippen LogP contribution in [0.4, 0.5) is 4.79 Å². The van der Waals surface area contributed by atoms with E-state index in [9.17, 15) is 14.4 Å². The molecular formula is C6H9N3O3. The molecule has 0 aromatic carbocycles. The topological polar surface area (TPSA) is 92.5 Å². The van der Waals surface area contributed by atoms with E-state index in [-0.39, 0.29) is 12.3 Å². The number of imide groups is 1. The molecule has 0 aromatic rings. The van der Waals surface area contributed by atoms with E-state index in [1.54, 1.807) is 0 Å². The van der Waals surface area contributed by atoms with E-state index >= 15 is 0 Å². The van der Waals surface area contributed by atoms with Gasteiger partial charge >= 0.3 is 6.03 Å². The van der Waals surface area contributed by atoms with Crippen LogP contribution in [-0.2, 0) is 9.59 Å². The Morgan fingerprint density at radius 2 is 2.25 bits per heavy atom. The third-order valence-electron chi connectivity index (χ3n) is 1.73. The summed E-state index contributed by atoms with van der Waals surface area (Å²) in [5.41, 5.74) is 4.86. The molecule has 1 saturated heterocycles. The molecule has 1 fully saturated rings. The highest BCUT2D eigenvalue weighted by atomic mass is 16.2. The van der Waals surface area contributed by atoms with E-state index in [0.717, 1.165) is 4.90 Å². The number of primary amides is 1. The minimum absolute atomic E-state index is 0.0581. The summed E-state index contributed by atoms with van der Waals surface area (Å²) in [6, 6.07) is -1.58. The molecule has 1 rings (SSSR count). The first kappa shape index (κ1) is 8.51. The highest BCUT2D eigenvalue weighted by Crippen LogP contribution is 2.18. The van der Waals surface area contributed by atoms with E-state index in [1.807, 2.05) is 0 Å². The lowest BCUT2D eigenvalue weighted by Crippen LogP contribution is -2.62. The number of likely N-dealkylation sites (N-methyl/N-ethyl adjacent to an activating group) is 1. The first-order chi connectivity index (χ1) is 5.57. The number of nitrogens with one attached hydrogen (secondary N) is 1. The van der Waals surface area contributed by atoms with Gasteiger partial charge in [-0.3, -0.25) is 14.5 Å². The number of nitrogens with two attached hydrogens (primary N) is 1. The van der Waals surface area contributed by atoms with E-state index in [4.69, 9.17) is 5.73 Å². The summed E-state index contributed by atoms with van der Waals surface area (Å²) >= 11 is 0. The van der Waals surface area contributed by atoms with Crippen molar-refractivity contribution in [3.05, 3.63) is 0 Å². The average Bonchev–Trinajstić information content (AvgIpc) is 1.97. The van der Waals surface area contributed by atoms with Crippen molar-refractivity contribution in [2.75, 3.05) is 7.05 Å². The van der Waals surface area contributed by atoms with E-state index in [0.29, 0.717) is 0 Å². The van der Waals surface area contributed by atoms with Crippen molar-refractivity contribution in [3.8, 4) is 0 Å². The molecule has 1 aliphatic rings. The fourth-order valence-corrected chi connectivity index (χ4v) is 1.07. The molecule has 6 nitrogen and oxygen atoms in total. The minimum atomic E-state index is -0.875. The van der Waals surface area contributed by atoms with Crippen molar-refractivity contribution in [2.45, 2.75) is 12.5 Å². The van der Waals surface area contributed by atoms with Crippen LogP contribution in [0, 0.1) is 0 Å². The van der Waals surface area contributed by atoms with E-state index in [2.05, 4.69) is 5.32 Å². The van der Waals surface area contributed by atoms with Gasteiger partial charge in [0, 0.05) is 7.05 Å². The predicted octanol–water partition coefficient (Wildman–Crippen LogP) is -1.59. The van der Waals surface area contributed by atoms with Gasteiger partial charge in [-0.15, -0.1) is 0 Å². The molecule has 0 radical (unpaired) electrons. The number of carbonyl (C=O) groups is 3. The Labute approximate surface area is 68.7 Å². The number of nitrogens with zero attached hydrogens (tertiary/aromatic N) is 1. The summed E-state index contributed by atoms with van der Waals surface area (Å²) in [6.45, 7) is 0. The lowest BCUT2D eigenvalue weighted by Gasteiger charge is -2.35. The van der Waals surface area contributed by atoms with Crippen LogP contribution in [0.1, 0.15) is 6.42 Å². The second kappa shape index (κ2) is 2.80. The van der Waals surface area contributed by atoms with Gasteiger partial charge in [-0.1, -0.05) is 0 Å². The molecule has 12 heavy (non-hydrogen) atoms. The highest BCUT2D eigenvalue weighted by molar-refractivity contribution is 6.06. The summed E-state index contributed by atoms with van der Waals surface area (Å²) in [5, 5.41) is 2.33. The number of carbonyl (C=O) groups excluding carboxylic acids is 3. The Morgan fingerprint density at radius 3 is 2.58 bits per heavy atom. The molecular weight excluding hydrogens is 162 g/mol. The van der Waals surface area contributed by atoms with Gasteiger partial charge < -0.3 is 11.1 Å². The molecule has 1 unspecified atom stereocenters. The number of β-lactam (4-membered cyclic amide) rings is 1. The van der Waals surface area contributed by atoms with Crippen LogP contribution in [0.15, 0.2) is 0 Å². The number of urea groups is 1. The number of hydrogen-bond acceptors (Lipinski definition) is 3. The van der Waals surface area contributed by atoms with Gasteiger partial charge in [0.15, 0.2) is 0 Å². The molecule has 1 aliphatic heterocycles. The third kappa shape index (κ3) is 1.11. The summed E-state index contributed by atoms with van der Waals surface area (Å²) in [7, 11) is 1.43. The maximum absolute atomic E-state index is 10.9. The van der Waals surface area contributed by atoms with Crippen molar-refractivity contribution in [1.29, 1.82) is 0 Å². The van der Waals surface area contributed by atoms with Gasteiger partial charge in [0.05, 0.1) is 6.42 Å². The molecule has 0 aliphatic carbocycles. The zero-order chi connectivity index (χ0) is 9.30. The number of likely N-dealkylation sites (tertiary alicyclic amines) is 1. The Hall–Kier alpha value is -1.59. The van der Waals surface area contributed by atoms with Crippen LogP contribution in [-0.4, -0.2) is 35.8 Å². The Morgan fingerprint density at radius 1 is 1.67 bits per heavy atom. The van der Waals surface area contributed by atoms with Crippen LogP contribution < -0.4 is 11.1 Å². The fraction of sp³-hybridized carbons (Fsp3) is 0.500. The number of amides is 4. The number of rotatable bonds is 1. The summed E-state index contributed by atoms with van der Waals surface area (Å²) in [4.78, 5) is 33.0. The molecule has 0 aromatic heterocycles. The Bertz CT molecular complexity index is 242. The lowest BCUT2D eigenvalue weighted by molar-refractivity contribution is -0.148. The number of hydrogen-bond donors (Lipinski definition) is 2. The quantitative estimate of drug-likeness (QED) is 0.466. The third-order valence-corrected chi connectivity index (χ3v) is 1.73. The summed E-state index contributed by atoms with van der Waals surface area (Å²) < 4.78 is 0. The predicted molar refractivity (Wildman–Crippen MR) is 38.9 cm³/mol. The average molecular weight is 171 g/mol. The molecule has 6 heteroatoms. The molecule has 1 heterocycles. The van der Waals surface area contributed by atoms with E-state index in [1.165, 1.54) is 7.05 Å². The van der Waals surface area contributed by atoms with Crippen molar-refractivity contribution in [2.24, 2.45) is 5.73 Å². The van der Waals surface area contributed by atoms with Gasteiger partial charge in [0.1, 0.15) is 6.04 Å². The minimum Gasteiger partial charge on any atom is -0.357 e. The second-order valence-corrected chi connectivity index (χ2v) is 2.44. The molecule has 4 amide bonds. The summed E-state index contributed by atoms with van der Waals surface area (Å²) in [6.07, 6.45) is 0.0581. The molecule has 0 bridgehead atoms. The molecule has 0 saturated carbocycles. The first-order valence-electron chi connectivity index (χ1n) is 3.41. The van der Waals surface area contributed by atoms with Crippen LogP contribution in [0.2, 0.25) is 0 Å². The Kier molecular flexibility index (Phi) is 1.99. The molecule has 66 valence electrons. The SMILES string of the molecule is CNC(=O)C1CC(=O)N1C(N)=O. The van der Waals surface area contributed by atoms with Crippen molar-refractivity contribution >= 4 is 17.8 Å². The zero-order valence-electron chi connectivity index (χ0n) is 6.53. The largest absolute Gasteiger partial charge is 0.357 e. The smallest absolute Gasteiger partial charge is 0.322 e. The molecule has 3 N–H and O–H groups in total. The summed E-state index contributed by atoms with van der Waals surface area (Å²) in [5.74, 6) is -0.774. The first-order valence-corrected chi connectivity index (χ1v) is 3.41. The second-order valence-electron chi connectivity index (χ2n) is 2.44. The Balaban J connectivity index is 2.66. The molecule has 1 atom stereocenters. The van der Waals surface area contributed by atoms with Crippen LogP contribution >= 0.6 is 0 Å². The lowest BCUT2D eigenvalue weighted by atomic mass is 10.0. The van der Waals surface area contributed by atoms with Crippen molar-refractivity contribution in [1.82, 2.24) is 10.2 Å². The van der Waals surface area contributed by atoms with Crippen LogP contribution in [0.25, 0.3) is 0 Å². The normalized spacial score (nSPS) is 21.6. The van der Waals surface area contributed by atoms with Gasteiger partial charge in [-0.05, 0) is 0 Å². The van der Waals surface area contributed by atoms with Gasteiger partial charge in [-0.25, -0.2) is 4.79 Å². The standard InChI is InChI=1S/C6H9N3O3/c1-8-5(11)3-2-4(10)9(3)6(7)12/h3H,2H2,1H3,(H2,7,12)(H,8,11). The monoisotopic (exact) mass is 171 g/mol. The van der Waals surface area contributed by atoms with Gasteiger partial charge in [0.25, 0.3) is 0 Å². The fourth-order valence-electron chi connectivity index (χ4n) is 1.07. The highest BCUT2D eigenvalue weighted by Gasteiger charge is 2.43. The maximum Gasteiger partial charge on any atom is 0.322 e. The van der Waals surface area contributed by atoms with Gasteiger partial charge in [0.2, 0.25) is 11.8 Å². The zero-order valence-corrected chi connectivity index (χ0v) is 6.53. The maximum atomic E-state index is 10.9. The van der Waals surface area contributed by atoms with Crippen molar-refractivity contribution in [3.63, 3.8) is 0 Å². The van der Waals surface area contributed by atoms with Gasteiger partial charge in [-0.2, -0.15) is 0 Å². The van der Waals surface area contributed by atoms with Crippen LogP contribution in [0.5, 0.6) is 0 Å².